The summed E-state index contributed by atoms with van der Waals surface area (Å²) in [4.78, 5) is 51.0. The van der Waals surface area contributed by atoms with Gasteiger partial charge in [-0.3, -0.25) is 19.2 Å². The summed E-state index contributed by atoms with van der Waals surface area (Å²) in [6, 6.07) is 0. The van der Waals surface area contributed by atoms with E-state index in [4.69, 9.17) is 14.2 Å². The van der Waals surface area contributed by atoms with Crippen LogP contribution >= 0.6 is 0 Å². The maximum Gasteiger partial charge on any atom is 0.303 e. The van der Waals surface area contributed by atoms with Crippen LogP contribution in [0.1, 0.15) is 60.8 Å². The lowest BCUT2D eigenvalue weighted by Crippen LogP contribution is -2.76. The van der Waals surface area contributed by atoms with Crippen LogP contribution in [0.5, 0.6) is 0 Å². The Labute approximate surface area is 205 Å². The minimum atomic E-state index is -1.33. The van der Waals surface area contributed by atoms with Gasteiger partial charge in [0.25, 0.3) is 0 Å². The molecule has 4 aliphatic carbocycles. The SMILES string of the molecule is C=C1[C@@H]2C[C@H](OC(C)=O)[C@H]3[C@]4(C)[C@@H](OC(C)=O)C[C@H](O)C(C)(C)[C@H]4C(=O)[C@H](OC(C)=O)[C@]3(C2)[C@@H]1O. The molecule has 0 aromatic carbocycles. The summed E-state index contributed by atoms with van der Waals surface area (Å²) in [5, 5.41) is 22.7. The number of hydrogen-bond donors (Lipinski definition) is 2. The van der Waals surface area contributed by atoms with Crippen molar-refractivity contribution >= 4 is 23.7 Å². The highest BCUT2D eigenvalue weighted by molar-refractivity contribution is 5.91. The first-order valence-corrected chi connectivity index (χ1v) is 12.2. The van der Waals surface area contributed by atoms with Crippen molar-refractivity contribution in [2.24, 2.45) is 34.0 Å². The number of hydrogen-bond acceptors (Lipinski definition) is 9. The van der Waals surface area contributed by atoms with Crippen LogP contribution < -0.4 is 0 Å². The highest BCUT2D eigenvalue weighted by atomic mass is 16.6. The molecule has 0 radical (unpaired) electrons. The Kier molecular flexibility index (Phi) is 6.00. The Hall–Kier alpha value is -2.26. The Morgan fingerprint density at radius 3 is 2.06 bits per heavy atom. The van der Waals surface area contributed by atoms with Gasteiger partial charge in [0.2, 0.25) is 0 Å². The molecule has 0 heterocycles. The first kappa shape index (κ1) is 25.8. The number of esters is 3. The zero-order valence-electron chi connectivity index (χ0n) is 21.2. The van der Waals surface area contributed by atoms with E-state index in [1.54, 1.807) is 13.8 Å². The summed E-state index contributed by atoms with van der Waals surface area (Å²) in [5.74, 6) is -4.08. The molecule has 0 aliphatic heterocycles. The van der Waals surface area contributed by atoms with Gasteiger partial charge in [-0.05, 0) is 24.3 Å². The lowest BCUT2D eigenvalue weighted by atomic mass is 9.38. The van der Waals surface area contributed by atoms with E-state index in [9.17, 15) is 29.4 Å². The van der Waals surface area contributed by atoms with Crippen molar-refractivity contribution < 1.29 is 43.6 Å². The van der Waals surface area contributed by atoms with Crippen molar-refractivity contribution in [2.45, 2.75) is 91.3 Å². The van der Waals surface area contributed by atoms with Gasteiger partial charge in [-0.15, -0.1) is 0 Å². The summed E-state index contributed by atoms with van der Waals surface area (Å²) in [5.41, 5.74) is -2.93. The van der Waals surface area contributed by atoms with Crippen molar-refractivity contribution in [3.05, 3.63) is 12.2 Å². The maximum absolute atomic E-state index is 14.3. The predicted octanol–water partition coefficient (Wildman–Crippen LogP) is 1.72. The summed E-state index contributed by atoms with van der Waals surface area (Å²) in [7, 11) is 0. The lowest BCUT2D eigenvalue weighted by Gasteiger charge is -2.67. The molecule has 9 heteroatoms. The smallest absolute Gasteiger partial charge is 0.303 e. The van der Waals surface area contributed by atoms with E-state index in [0.717, 1.165) is 0 Å². The molecular formula is C26H36O9. The standard InChI is InChI=1S/C26H36O9/c1-11-15-8-16(33-12(2)27)20-25(7)18(34-13(3)28)9-17(30)24(5,6)21(25)19(31)23(35-14(4)29)26(20,10-15)22(11)32/h15-18,20-23,30,32H,1,8-10H2,2-7H3/t15-,16+,17+,18+,20+,21-,22-,23+,25+,26+/m1/s1. The molecule has 0 unspecified atom stereocenters. The van der Waals surface area contributed by atoms with Gasteiger partial charge in [0, 0.05) is 49.9 Å². The molecule has 35 heavy (non-hydrogen) atoms. The highest BCUT2D eigenvalue weighted by Crippen LogP contribution is 2.72. The zero-order chi connectivity index (χ0) is 26.2. The van der Waals surface area contributed by atoms with Gasteiger partial charge in [-0.2, -0.15) is 0 Å². The van der Waals surface area contributed by atoms with Gasteiger partial charge in [-0.25, -0.2) is 0 Å². The largest absolute Gasteiger partial charge is 0.462 e. The van der Waals surface area contributed by atoms with Crippen LogP contribution in [0, 0.1) is 34.0 Å². The number of fused-ring (bicyclic) bond motifs is 3. The average Bonchev–Trinajstić information content (AvgIpc) is 2.90. The minimum Gasteiger partial charge on any atom is -0.462 e. The van der Waals surface area contributed by atoms with E-state index in [1.807, 2.05) is 6.92 Å². The molecule has 9 nitrogen and oxygen atoms in total. The first-order chi connectivity index (χ1) is 16.1. The third-order valence-electron chi connectivity index (χ3n) is 9.42. The Balaban J connectivity index is 2.03. The fraction of sp³-hybridized carbons (Fsp3) is 0.769. The van der Waals surface area contributed by atoms with Gasteiger partial charge in [0.05, 0.1) is 17.6 Å². The van der Waals surface area contributed by atoms with Crippen LogP contribution in [0.25, 0.3) is 0 Å². The number of aliphatic hydroxyl groups is 2. The van der Waals surface area contributed by atoms with Crippen LogP contribution in [0.3, 0.4) is 0 Å². The van der Waals surface area contributed by atoms with Crippen LogP contribution in [-0.2, 0) is 33.4 Å². The normalized spacial score (nSPS) is 45.7. The number of rotatable bonds is 3. The third-order valence-corrected chi connectivity index (χ3v) is 9.42. The lowest BCUT2D eigenvalue weighted by molar-refractivity contribution is -0.276. The summed E-state index contributed by atoms with van der Waals surface area (Å²) >= 11 is 0. The number of carbonyl (C=O) groups excluding carboxylic acids is 4. The predicted molar refractivity (Wildman–Crippen MR) is 121 cm³/mol. The molecule has 4 aliphatic rings. The number of ether oxygens (including phenoxy) is 3. The molecule has 0 aromatic heterocycles. The number of ketones is 1. The fourth-order valence-corrected chi connectivity index (χ4v) is 8.37. The molecule has 0 amide bonds. The van der Waals surface area contributed by atoms with Crippen LogP contribution in [0.4, 0.5) is 0 Å². The molecule has 0 saturated heterocycles. The quantitative estimate of drug-likeness (QED) is 0.343. The Morgan fingerprint density at radius 1 is 0.943 bits per heavy atom. The van der Waals surface area contributed by atoms with Crippen molar-refractivity contribution in [3.8, 4) is 0 Å². The molecule has 2 N–H and O–H groups in total. The molecule has 2 bridgehead atoms. The summed E-state index contributed by atoms with van der Waals surface area (Å²) < 4.78 is 17.3. The average molecular weight is 493 g/mol. The summed E-state index contributed by atoms with van der Waals surface area (Å²) in [6.45, 7) is 13.2. The zero-order valence-corrected chi connectivity index (χ0v) is 21.2. The van der Waals surface area contributed by atoms with Gasteiger partial charge in [0.15, 0.2) is 11.9 Å². The highest BCUT2D eigenvalue weighted by Gasteiger charge is 2.79. The van der Waals surface area contributed by atoms with Crippen LogP contribution in [0.15, 0.2) is 12.2 Å². The molecule has 4 saturated carbocycles. The van der Waals surface area contributed by atoms with E-state index < -0.39 is 82.3 Å². The van der Waals surface area contributed by atoms with Gasteiger partial charge in [-0.1, -0.05) is 27.4 Å². The molecule has 4 fully saturated rings. The van der Waals surface area contributed by atoms with E-state index in [2.05, 4.69) is 6.58 Å². The van der Waals surface area contributed by atoms with Gasteiger partial charge >= 0.3 is 17.9 Å². The molecule has 1 spiro atoms. The number of Topliss-reactive ketones (excluding diaryl/α,β-unsaturated/α-hetero) is 1. The first-order valence-electron chi connectivity index (χ1n) is 12.2. The fourth-order valence-electron chi connectivity index (χ4n) is 8.37. The topological polar surface area (TPSA) is 136 Å². The Bertz CT molecular complexity index is 985. The van der Waals surface area contributed by atoms with Gasteiger partial charge in [0.1, 0.15) is 12.2 Å². The van der Waals surface area contributed by atoms with E-state index >= 15 is 0 Å². The monoisotopic (exact) mass is 492 g/mol. The third kappa shape index (κ3) is 3.41. The van der Waals surface area contributed by atoms with Crippen LogP contribution in [0.2, 0.25) is 0 Å². The number of aliphatic hydroxyl groups excluding tert-OH is 2. The molecule has 10 atom stereocenters. The van der Waals surface area contributed by atoms with Crippen molar-refractivity contribution in [3.63, 3.8) is 0 Å². The number of carbonyl (C=O) groups is 4. The van der Waals surface area contributed by atoms with Crippen LogP contribution in [-0.4, -0.2) is 64.4 Å². The second kappa shape index (κ2) is 8.13. The minimum absolute atomic E-state index is 0.0743. The molecule has 194 valence electrons. The van der Waals surface area contributed by atoms with E-state index in [1.165, 1.54) is 20.8 Å². The summed E-state index contributed by atoms with van der Waals surface area (Å²) in [6.07, 6.45) is -4.40. The second-order valence-electron chi connectivity index (χ2n) is 11.7. The maximum atomic E-state index is 14.3. The molecular weight excluding hydrogens is 456 g/mol. The second-order valence-corrected chi connectivity index (χ2v) is 11.7. The molecule has 0 aromatic rings. The van der Waals surface area contributed by atoms with Crippen molar-refractivity contribution in [2.75, 3.05) is 0 Å². The Morgan fingerprint density at radius 2 is 1.51 bits per heavy atom. The van der Waals surface area contributed by atoms with Gasteiger partial charge < -0.3 is 24.4 Å². The van der Waals surface area contributed by atoms with E-state index in [-0.39, 0.29) is 12.3 Å². The van der Waals surface area contributed by atoms with E-state index in [0.29, 0.717) is 18.4 Å². The van der Waals surface area contributed by atoms with Crippen molar-refractivity contribution in [1.29, 1.82) is 0 Å². The molecule has 4 rings (SSSR count). The van der Waals surface area contributed by atoms with Crippen molar-refractivity contribution in [1.82, 2.24) is 0 Å².